The second-order valence-electron chi connectivity index (χ2n) is 0.964. The summed E-state index contributed by atoms with van der Waals surface area (Å²) >= 11 is 0. The largest absolute Gasteiger partial charge is 0.481 e. The molecule has 0 radical (unpaired) electrons. The first kappa shape index (κ1) is 22.6. The van der Waals surface area contributed by atoms with Gasteiger partial charge in [0.25, 0.3) is 0 Å². The van der Waals surface area contributed by atoms with E-state index in [2.05, 4.69) is 13.2 Å². The molecule has 8 N–H and O–H groups in total. The zero-order valence-corrected chi connectivity index (χ0v) is 6.25. The van der Waals surface area contributed by atoms with Crippen molar-refractivity contribution in [2.45, 2.75) is 6.42 Å². The van der Waals surface area contributed by atoms with Crippen LogP contribution in [0.3, 0.4) is 0 Å². The molecule has 0 rings (SSSR count). The molecule has 0 aliphatic carbocycles. The van der Waals surface area contributed by atoms with Crippen molar-refractivity contribution >= 4 is 11.9 Å². The lowest BCUT2D eigenvalue weighted by molar-refractivity contribution is -0.147. The summed E-state index contributed by atoms with van der Waals surface area (Å²) in [5.41, 5.74) is 0. The highest BCUT2D eigenvalue weighted by atomic mass is 16.4. The van der Waals surface area contributed by atoms with E-state index in [4.69, 9.17) is 10.2 Å². The van der Waals surface area contributed by atoms with Gasteiger partial charge in [-0.15, -0.1) is 13.2 Å². The van der Waals surface area contributed by atoms with Gasteiger partial charge in [-0.3, -0.25) is 9.59 Å². The monoisotopic (exact) mass is 166 g/mol. The Kier molecular flexibility index (Phi) is 32.6. The molecule has 11 heavy (non-hydrogen) atoms. The smallest absolute Gasteiger partial charge is 0.314 e. The Morgan fingerprint density at radius 3 is 1.18 bits per heavy atom. The summed E-state index contributed by atoms with van der Waals surface area (Å²) in [6.45, 7) is 6.00. The number of hydrogen-bond donors (Lipinski definition) is 4. The highest BCUT2D eigenvalue weighted by molar-refractivity contribution is 5.88. The van der Waals surface area contributed by atoms with Gasteiger partial charge in [0, 0.05) is 0 Å². The van der Waals surface area contributed by atoms with Crippen molar-refractivity contribution in [3.8, 4) is 0 Å². The van der Waals surface area contributed by atoms with E-state index in [0.29, 0.717) is 0 Å². The van der Waals surface area contributed by atoms with Crippen LogP contribution in [0.1, 0.15) is 6.42 Å². The fourth-order valence-electron chi connectivity index (χ4n) is 0.129. The van der Waals surface area contributed by atoms with E-state index in [0.717, 1.165) is 0 Å². The van der Waals surface area contributed by atoms with Crippen molar-refractivity contribution < 1.29 is 19.8 Å². The van der Waals surface area contributed by atoms with Crippen molar-refractivity contribution in [1.82, 2.24) is 12.3 Å². The van der Waals surface area contributed by atoms with Crippen LogP contribution in [0.5, 0.6) is 0 Å². The summed E-state index contributed by atoms with van der Waals surface area (Å²) in [6.07, 6.45) is -0.806. The summed E-state index contributed by atoms with van der Waals surface area (Å²) in [7, 11) is 0. The molecule has 0 saturated carbocycles. The third kappa shape index (κ3) is 55.4. The van der Waals surface area contributed by atoms with Crippen LogP contribution in [-0.4, -0.2) is 22.2 Å². The number of aliphatic carboxylic acids is 2. The van der Waals surface area contributed by atoms with E-state index in [9.17, 15) is 9.59 Å². The number of hydrogen-bond acceptors (Lipinski definition) is 4. The van der Waals surface area contributed by atoms with Crippen LogP contribution in [0.2, 0.25) is 0 Å². The molecule has 0 amide bonds. The Balaban J connectivity index is -0.0000000564. The van der Waals surface area contributed by atoms with Crippen LogP contribution < -0.4 is 12.3 Å². The maximum absolute atomic E-state index is 9.43. The molecule has 0 bridgehead atoms. The average molecular weight is 166 g/mol. The molecule has 68 valence electrons. The molecule has 0 aromatic rings. The van der Waals surface area contributed by atoms with Crippen LogP contribution in [-0.2, 0) is 9.59 Å². The Hall–Kier alpha value is -1.40. The van der Waals surface area contributed by atoms with Crippen molar-refractivity contribution in [2.75, 3.05) is 0 Å². The minimum absolute atomic E-state index is 0. The van der Waals surface area contributed by atoms with Crippen LogP contribution in [0, 0.1) is 0 Å². The lowest BCUT2D eigenvalue weighted by atomic mass is 10.5. The van der Waals surface area contributed by atoms with Gasteiger partial charge < -0.3 is 22.5 Å². The molecule has 0 fully saturated rings. The van der Waals surface area contributed by atoms with Gasteiger partial charge in [-0.1, -0.05) is 0 Å². The molecule has 0 aliphatic rings. The van der Waals surface area contributed by atoms with Gasteiger partial charge in [-0.05, 0) is 0 Å². The summed E-state index contributed by atoms with van der Waals surface area (Å²) in [5, 5.41) is 15.4. The Morgan fingerprint density at radius 1 is 1.00 bits per heavy atom. The molecule has 0 atom stereocenters. The number of carboxylic acid groups (broad SMARTS) is 2. The van der Waals surface area contributed by atoms with Gasteiger partial charge in [0.2, 0.25) is 0 Å². The van der Waals surface area contributed by atoms with E-state index in [1.165, 1.54) is 0 Å². The highest BCUT2D eigenvalue weighted by Crippen LogP contribution is 1.74. The van der Waals surface area contributed by atoms with E-state index >= 15 is 0 Å². The second kappa shape index (κ2) is 15.8. The molecule has 0 aliphatic heterocycles. The Bertz CT molecular complexity index is 103. The molecule has 0 aromatic carbocycles. The van der Waals surface area contributed by atoms with Crippen LogP contribution >= 0.6 is 0 Å². The van der Waals surface area contributed by atoms with Gasteiger partial charge in [0.15, 0.2) is 0 Å². The topological polar surface area (TPSA) is 145 Å². The summed E-state index contributed by atoms with van der Waals surface area (Å²) in [5.74, 6) is -2.62. The first-order valence-electron chi connectivity index (χ1n) is 2.06. The first-order valence-corrected chi connectivity index (χ1v) is 2.06. The molecule has 6 heteroatoms. The SMILES string of the molecule is C=C.N.N.O=C(O)CC(=O)O. The standard InChI is InChI=1S/C3H4O4.C2H4.2H3N/c4-2(5)1-3(6)7;1-2;;/h1H2,(H,4,5)(H,6,7);1-2H2;2*1H3. The molecule has 0 aromatic heterocycles. The molecule has 6 nitrogen and oxygen atoms in total. The van der Waals surface area contributed by atoms with E-state index in [1.807, 2.05) is 0 Å². The lowest BCUT2D eigenvalue weighted by Gasteiger charge is -1.80. The predicted molar refractivity (Wildman–Crippen MR) is 41.2 cm³/mol. The first-order chi connectivity index (χ1) is 4.13. The molecular formula is C5H14N2O4. The van der Waals surface area contributed by atoms with Crippen molar-refractivity contribution in [3.05, 3.63) is 13.2 Å². The third-order valence-electron chi connectivity index (χ3n) is 0.302. The van der Waals surface area contributed by atoms with Crippen LogP contribution in [0.4, 0.5) is 0 Å². The van der Waals surface area contributed by atoms with Gasteiger partial charge in [-0.25, -0.2) is 0 Å². The fraction of sp³-hybridized carbons (Fsp3) is 0.200. The zero-order valence-electron chi connectivity index (χ0n) is 6.25. The Morgan fingerprint density at radius 2 is 1.18 bits per heavy atom. The maximum atomic E-state index is 9.43. The van der Waals surface area contributed by atoms with Gasteiger partial charge in [0.1, 0.15) is 6.42 Å². The Labute approximate surface area is 64.7 Å². The zero-order chi connectivity index (χ0) is 7.86. The molecule has 0 heterocycles. The highest BCUT2D eigenvalue weighted by Gasteiger charge is 2.01. The van der Waals surface area contributed by atoms with Crippen molar-refractivity contribution in [3.63, 3.8) is 0 Å². The number of rotatable bonds is 2. The third-order valence-corrected chi connectivity index (χ3v) is 0.302. The van der Waals surface area contributed by atoms with E-state index in [1.54, 1.807) is 0 Å². The average Bonchev–Trinajstić information content (AvgIpc) is 1.68. The summed E-state index contributed by atoms with van der Waals surface area (Å²) < 4.78 is 0. The normalized spacial score (nSPS) is 5.45. The number of carbonyl (C=O) groups is 2. The summed E-state index contributed by atoms with van der Waals surface area (Å²) in [4.78, 5) is 18.9. The predicted octanol–water partition coefficient (Wildman–Crippen LogP) is 0.672. The maximum Gasteiger partial charge on any atom is 0.314 e. The van der Waals surface area contributed by atoms with Crippen molar-refractivity contribution in [1.29, 1.82) is 0 Å². The fourth-order valence-corrected chi connectivity index (χ4v) is 0.129. The van der Waals surface area contributed by atoms with E-state index < -0.39 is 18.4 Å². The number of carboxylic acids is 2. The quantitative estimate of drug-likeness (QED) is 0.350. The van der Waals surface area contributed by atoms with Crippen molar-refractivity contribution in [2.24, 2.45) is 0 Å². The minimum Gasteiger partial charge on any atom is -0.481 e. The van der Waals surface area contributed by atoms with E-state index in [-0.39, 0.29) is 12.3 Å². The molecule has 0 unspecified atom stereocenters. The van der Waals surface area contributed by atoms with Gasteiger partial charge in [-0.2, -0.15) is 0 Å². The molecule has 0 spiro atoms. The van der Waals surface area contributed by atoms with Crippen LogP contribution in [0.15, 0.2) is 13.2 Å². The lowest BCUT2D eigenvalue weighted by Crippen LogP contribution is -2.03. The van der Waals surface area contributed by atoms with Crippen LogP contribution in [0.25, 0.3) is 0 Å². The molecule has 0 saturated heterocycles. The van der Waals surface area contributed by atoms with Gasteiger partial charge >= 0.3 is 11.9 Å². The minimum atomic E-state index is -1.31. The molecular weight excluding hydrogens is 152 g/mol. The summed E-state index contributed by atoms with van der Waals surface area (Å²) in [6, 6.07) is 0. The van der Waals surface area contributed by atoms with Gasteiger partial charge in [0.05, 0.1) is 0 Å². The second-order valence-corrected chi connectivity index (χ2v) is 0.964.